The summed E-state index contributed by atoms with van der Waals surface area (Å²) in [6.07, 6.45) is 0.0415. The van der Waals surface area contributed by atoms with Crippen LogP contribution in [0.4, 0.5) is 5.69 Å². The van der Waals surface area contributed by atoms with E-state index < -0.39 is 6.10 Å². The van der Waals surface area contributed by atoms with Gasteiger partial charge in [0.2, 0.25) is 5.91 Å². The summed E-state index contributed by atoms with van der Waals surface area (Å²) in [5, 5.41) is 9.87. The Morgan fingerprint density at radius 1 is 1.44 bits per heavy atom. The predicted octanol–water partition coefficient (Wildman–Crippen LogP) is 1.61. The highest BCUT2D eigenvalue weighted by atomic mass is 16.3. The Kier molecular flexibility index (Phi) is 3.48. The number of hydrogen-bond donors (Lipinski definition) is 1. The van der Waals surface area contributed by atoms with Crippen molar-refractivity contribution in [1.82, 2.24) is 0 Å². The van der Waals surface area contributed by atoms with E-state index in [0.29, 0.717) is 18.5 Å². The van der Waals surface area contributed by atoms with Crippen LogP contribution >= 0.6 is 0 Å². The van der Waals surface area contributed by atoms with Crippen LogP contribution in [0.15, 0.2) is 18.2 Å². The number of carbonyl (C=O) groups excluding carboxylic acids is 2. The molecule has 1 aliphatic heterocycles. The molecule has 1 aromatic carbocycles. The second-order valence-electron chi connectivity index (χ2n) is 4.53. The zero-order chi connectivity index (χ0) is 13.3. The fourth-order valence-corrected chi connectivity index (χ4v) is 2.30. The lowest BCUT2D eigenvalue weighted by atomic mass is 10.0. The molecule has 1 aliphatic rings. The average Bonchev–Trinajstić information content (AvgIpc) is 2.79. The molecule has 0 saturated heterocycles. The summed E-state index contributed by atoms with van der Waals surface area (Å²) in [7, 11) is 0. The summed E-state index contributed by atoms with van der Waals surface area (Å²) >= 11 is 0. The van der Waals surface area contributed by atoms with Crippen LogP contribution in [0.1, 0.15) is 37.5 Å². The Labute approximate surface area is 106 Å². The summed E-state index contributed by atoms with van der Waals surface area (Å²) < 4.78 is 0. The number of nitrogens with zero attached hydrogens (tertiary/aromatic N) is 1. The number of hydrogen-bond acceptors (Lipinski definition) is 3. The standard InChI is InChI=1S/C14H17NO3/c1-3-13(17)14(18)11-4-5-12-10(8-11)6-7-15(12)9(2)16/h4-5,8,14,18H,3,6-7H2,1-2H3. The van der Waals surface area contributed by atoms with Crippen molar-refractivity contribution in [2.24, 2.45) is 0 Å². The van der Waals surface area contributed by atoms with E-state index in [1.54, 1.807) is 24.8 Å². The molecule has 18 heavy (non-hydrogen) atoms. The van der Waals surface area contributed by atoms with Gasteiger partial charge in [0.15, 0.2) is 5.78 Å². The lowest BCUT2D eigenvalue weighted by Crippen LogP contribution is -2.25. The van der Waals surface area contributed by atoms with Gasteiger partial charge in [0.05, 0.1) is 0 Å². The summed E-state index contributed by atoms with van der Waals surface area (Å²) in [4.78, 5) is 24.6. The van der Waals surface area contributed by atoms with Gasteiger partial charge in [-0.15, -0.1) is 0 Å². The number of ketones is 1. The van der Waals surface area contributed by atoms with E-state index in [1.807, 2.05) is 12.1 Å². The van der Waals surface area contributed by atoms with Gasteiger partial charge in [-0.25, -0.2) is 0 Å². The van der Waals surface area contributed by atoms with E-state index in [-0.39, 0.29) is 11.7 Å². The van der Waals surface area contributed by atoms with E-state index in [2.05, 4.69) is 0 Å². The average molecular weight is 247 g/mol. The molecule has 1 amide bonds. The van der Waals surface area contributed by atoms with Gasteiger partial charge in [0.25, 0.3) is 0 Å². The van der Waals surface area contributed by atoms with Gasteiger partial charge in [0, 0.05) is 25.6 Å². The first-order valence-corrected chi connectivity index (χ1v) is 6.16. The quantitative estimate of drug-likeness (QED) is 0.882. The maximum Gasteiger partial charge on any atom is 0.223 e. The van der Waals surface area contributed by atoms with Crippen molar-refractivity contribution in [3.05, 3.63) is 29.3 Å². The molecule has 4 heteroatoms. The van der Waals surface area contributed by atoms with Crippen LogP contribution in [-0.4, -0.2) is 23.3 Å². The van der Waals surface area contributed by atoms with Crippen molar-refractivity contribution in [2.45, 2.75) is 32.8 Å². The molecule has 96 valence electrons. The molecule has 1 aromatic rings. The normalized spacial score (nSPS) is 15.4. The smallest absolute Gasteiger partial charge is 0.223 e. The number of Topliss-reactive ketones (excluding diaryl/α,β-unsaturated/α-hetero) is 1. The van der Waals surface area contributed by atoms with E-state index in [4.69, 9.17) is 0 Å². The minimum Gasteiger partial charge on any atom is -0.381 e. The molecule has 0 saturated carbocycles. The van der Waals surface area contributed by atoms with Crippen molar-refractivity contribution in [3.8, 4) is 0 Å². The van der Waals surface area contributed by atoms with E-state index in [0.717, 1.165) is 17.7 Å². The number of benzene rings is 1. The molecule has 1 atom stereocenters. The molecule has 4 nitrogen and oxygen atoms in total. The highest BCUT2D eigenvalue weighted by Gasteiger charge is 2.24. The molecule has 1 N–H and O–H groups in total. The molecule has 0 bridgehead atoms. The molecule has 0 fully saturated rings. The highest BCUT2D eigenvalue weighted by molar-refractivity contribution is 5.94. The Morgan fingerprint density at radius 3 is 2.78 bits per heavy atom. The molecule has 0 spiro atoms. The van der Waals surface area contributed by atoms with Gasteiger partial charge in [-0.3, -0.25) is 9.59 Å². The maximum absolute atomic E-state index is 11.5. The van der Waals surface area contributed by atoms with Crippen molar-refractivity contribution < 1.29 is 14.7 Å². The second kappa shape index (κ2) is 4.90. The number of anilines is 1. The Bertz CT molecular complexity index is 496. The summed E-state index contributed by atoms with van der Waals surface area (Å²) in [6, 6.07) is 5.36. The summed E-state index contributed by atoms with van der Waals surface area (Å²) in [6.45, 7) is 3.95. The highest BCUT2D eigenvalue weighted by Crippen LogP contribution is 2.30. The zero-order valence-electron chi connectivity index (χ0n) is 10.6. The monoisotopic (exact) mass is 247 g/mol. The molecular weight excluding hydrogens is 230 g/mol. The Balaban J connectivity index is 2.30. The van der Waals surface area contributed by atoms with Gasteiger partial charge >= 0.3 is 0 Å². The number of rotatable bonds is 3. The van der Waals surface area contributed by atoms with Gasteiger partial charge in [-0.1, -0.05) is 19.1 Å². The van der Waals surface area contributed by atoms with Crippen molar-refractivity contribution >= 4 is 17.4 Å². The fraction of sp³-hybridized carbons (Fsp3) is 0.429. The van der Waals surface area contributed by atoms with E-state index in [9.17, 15) is 14.7 Å². The van der Waals surface area contributed by atoms with Crippen molar-refractivity contribution in [3.63, 3.8) is 0 Å². The van der Waals surface area contributed by atoms with Gasteiger partial charge in [-0.2, -0.15) is 0 Å². The minimum atomic E-state index is -1.05. The molecule has 0 aromatic heterocycles. The van der Waals surface area contributed by atoms with E-state index in [1.165, 1.54) is 0 Å². The second-order valence-corrected chi connectivity index (χ2v) is 4.53. The van der Waals surface area contributed by atoms with E-state index >= 15 is 0 Å². The number of fused-ring (bicyclic) bond motifs is 1. The molecular formula is C14H17NO3. The maximum atomic E-state index is 11.5. The molecule has 1 unspecified atom stereocenters. The van der Waals surface area contributed by atoms with Gasteiger partial charge < -0.3 is 10.0 Å². The third kappa shape index (κ3) is 2.16. The fourth-order valence-electron chi connectivity index (χ4n) is 2.30. The summed E-state index contributed by atoms with van der Waals surface area (Å²) in [5.41, 5.74) is 2.53. The third-order valence-corrected chi connectivity index (χ3v) is 3.35. The minimum absolute atomic E-state index is 0.0201. The van der Waals surface area contributed by atoms with Crippen molar-refractivity contribution in [2.75, 3.05) is 11.4 Å². The first-order valence-electron chi connectivity index (χ1n) is 6.16. The molecule has 0 aliphatic carbocycles. The molecule has 0 radical (unpaired) electrons. The lowest BCUT2D eigenvalue weighted by molar-refractivity contribution is -0.127. The number of aliphatic hydroxyl groups excluding tert-OH is 1. The first-order chi connectivity index (χ1) is 8.54. The van der Waals surface area contributed by atoms with Crippen LogP contribution in [0.25, 0.3) is 0 Å². The Morgan fingerprint density at radius 2 is 2.17 bits per heavy atom. The largest absolute Gasteiger partial charge is 0.381 e. The summed E-state index contributed by atoms with van der Waals surface area (Å²) in [5.74, 6) is -0.164. The SMILES string of the molecule is CCC(=O)C(O)c1ccc2c(c1)CCN2C(C)=O. The van der Waals surface area contributed by atoms with Crippen LogP contribution in [0.2, 0.25) is 0 Å². The molecule has 1 heterocycles. The lowest BCUT2D eigenvalue weighted by Gasteiger charge is -2.15. The van der Waals surface area contributed by atoms with Crippen molar-refractivity contribution in [1.29, 1.82) is 0 Å². The van der Waals surface area contributed by atoms with Crippen LogP contribution in [0.5, 0.6) is 0 Å². The van der Waals surface area contributed by atoms with Crippen LogP contribution in [-0.2, 0) is 16.0 Å². The predicted molar refractivity (Wildman–Crippen MR) is 68.4 cm³/mol. The van der Waals surface area contributed by atoms with Gasteiger partial charge in [-0.05, 0) is 23.6 Å². The molecule has 2 rings (SSSR count). The zero-order valence-corrected chi connectivity index (χ0v) is 10.6. The van der Waals surface area contributed by atoms with Crippen LogP contribution in [0, 0.1) is 0 Å². The van der Waals surface area contributed by atoms with Gasteiger partial charge in [0.1, 0.15) is 6.10 Å². The number of amides is 1. The topological polar surface area (TPSA) is 57.6 Å². The van der Waals surface area contributed by atoms with Crippen LogP contribution < -0.4 is 4.90 Å². The van der Waals surface area contributed by atoms with Crippen LogP contribution in [0.3, 0.4) is 0 Å². The number of carbonyl (C=O) groups is 2. The number of aliphatic hydroxyl groups is 1. The first kappa shape index (κ1) is 12.8. The Hall–Kier alpha value is -1.68. The third-order valence-electron chi connectivity index (χ3n) is 3.35.